The Kier molecular flexibility index (Phi) is 12.0. The van der Waals surface area contributed by atoms with Crippen molar-refractivity contribution < 1.29 is 33.2 Å². The zero-order chi connectivity index (χ0) is 31.2. The van der Waals surface area contributed by atoms with E-state index >= 15 is 0 Å². The van der Waals surface area contributed by atoms with Crippen molar-refractivity contribution in [3.8, 4) is 5.75 Å². The van der Waals surface area contributed by atoms with Crippen LogP contribution in [-0.2, 0) is 36.6 Å². The van der Waals surface area contributed by atoms with Crippen LogP contribution in [0.25, 0.3) is 0 Å². The van der Waals surface area contributed by atoms with Crippen LogP contribution in [0, 0.1) is 0 Å². The molecule has 2 aromatic carbocycles. The van der Waals surface area contributed by atoms with Crippen LogP contribution in [0.5, 0.6) is 5.75 Å². The third-order valence-corrected chi connectivity index (χ3v) is 14.7. The quantitative estimate of drug-likeness (QED) is 0.228. The highest BCUT2D eigenvalue weighted by atomic mass is 28.4. The first-order valence-electron chi connectivity index (χ1n) is 15.1. The first kappa shape index (κ1) is 34.9. The van der Waals surface area contributed by atoms with Crippen LogP contribution in [0.2, 0.25) is 43.8 Å². The number of methoxy groups -OCH3 is 1. The maximum Gasteiger partial charge on any atom is 0.192 e. The molecular formula is C33H54O7Si2. The number of hydrogen-bond acceptors (Lipinski definition) is 7. The minimum Gasteiger partial charge on any atom is -0.497 e. The summed E-state index contributed by atoms with van der Waals surface area (Å²) in [6.45, 7) is 21.2. The average molecular weight is 619 g/mol. The van der Waals surface area contributed by atoms with Gasteiger partial charge < -0.3 is 33.2 Å². The van der Waals surface area contributed by atoms with Crippen LogP contribution >= 0.6 is 0 Å². The van der Waals surface area contributed by atoms with Gasteiger partial charge in [-0.3, -0.25) is 0 Å². The fraction of sp³-hybridized carbons (Fsp3) is 0.636. The summed E-state index contributed by atoms with van der Waals surface area (Å²) in [4.78, 5) is 0. The molecule has 7 nitrogen and oxygen atoms in total. The molecule has 9 heteroatoms. The Bertz CT molecular complexity index is 1080. The van der Waals surface area contributed by atoms with Crippen molar-refractivity contribution >= 4 is 16.4 Å². The lowest BCUT2D eigenvalue weighted by molar-refractivity contribution is -0.343. The van der Waals surface area contributed by atoms with Gasteiger partial charge in [-0.15, -0.1) is 0 Å². The van der Waals surface area contributed by atoms with Crippen LogP contribution < -0.4 is 4.74 Å². The maximum absolute atomic E-state index is 12.1. The van der Waals surface area contributed by atoms with E-state index in [0.717, 1.165) is 22.9 Å². The van der Waals surface area contributed by atoms with E-state index in [2.05, 4.69) is 53.5 Å². The van der Waals surface area contributed by atoms with Gasteiger partial charge in [0.05, 0.1) is 26.9 Å². The zero-order valence-electron chi connectivity index (χ0n) is 27.4. The molecule has 3 rings (SSSR count). The summed E-state index contributed by atoms with van der Waals surface area (Å²) in [7, 11) is -1.82. The molecule has 2 aromatic rings. The Morgan fingerprint density at radius 2 is 1.45 bits per heavy atom. The second-order valence-electron chi connectivity index (χ2n) is 14.3. The van der Waals surface area contributed by atoms with Crippen LogP contribution in [-0.4, -0.2) is 72.0 Å². The Hall–Kier alpha value is -1.57. The number of ether oxygens (including phenoxy) is 5. The molecule has 0 bridgehead atoms. The van der Waals surface area contributed by atoms with Crippen LogP contribution in [0.3, 0.4) is 0 Å². The molecule has 0 saturated carbocycles. The summed E-state index contributed by atoms with van der Waals surface area (Å²) in [6, 6.07) is 18.7. The van der Waals surface area contributed by atoms with Crippen molar-refractivity contribution in [2.24, 2.45) is 0 Å². The molecule has 1 heterocycles. The van der Waals surface area contributed by atoms with Gasteiger partial charge in [-0.2, -0.15) is 0 Å². The molecule has 236 valence electrons. The first-order chi connectivity index (χ1) is 19.5. The normalized spacial score (nSPS) is 25.4. The van der Waals surface area contributed by atoms with Gasteiger partial charge >= 0.3 is 0 Å². The first-order valence-corrected chi connectivity index (χ1v) is 21.7. The maximum atomic E-state index is 12.1. The fourth-order valence-corrected chi connectivity index (χ4v) is 6.19. The van der Waals surface area contributed by atoms with E-state index in [4.69, 9.17) is 28.1 Å². The van der Waals surface area contributed by atoms with Gasteiger partial charge in [-0.05, 0) is 54.4 Å². The van der Waals surface area contributed by atoms with Crippen molar-refractivity contribution in [1.29, 1.82) is 0 Å². The largest absolute Gasteiger partial charge is 0.497 e. The number of benzene rings is 2. The molecule has 1 fully saturated rings. The van der Waals surface area contributed by atoms with E-state index < -0.39 is 46.6 Å². The monoisotopic (exact) mass is 618 g/mol. The lowest BCUT2D eigenvalue weighted by Gasteiger charge is -2.50. The standard InChI is InChI=1S/C33H54O7Si2/c1-32(2,3)42(9,10)39-24-28-33(4,34)30(38-23-26-16-18-27(35-5)19-17-26)29(37-22-25-14-12-11-13-15-25)31(40-28)36-20-21-41(6,7)8/h11-19,28-31,34H,20-24H2,1-10H3/t28-,29-,30-,31-,33-/m1/s1. The Labute approximate surface area is 256 Å². The van der Waals surface area contributed by atoms with E-state index in [1.807, 2.05) is 54.6 Å². The molecule has 5 atom stereocenters. The molecule has 42 heavy (non-hydrogen) atoms. The van der Waals surface area contributed by atoms with Gasteiger partial charge in [0.15, 0.2) is 14.6 Å². The highest BCUT2D eigenvalue weighted by molar-refractivity contribution is 6.76. The summed E-state index contributed by atoms with van der Waals surface area (Å²) in [6.07, 6.45) is -2.79. The van der Waals surface area contributed by atoms with Crippen molar-refractivity contribution in [2.75, 3.05) is 20.3 Å². The van der Waals surface area contributed by atoms with Gasteiger partial charge in [0.1, 0.15) is 29.7 Å². The van der Waals surface area contributed by atoms with E-state index in [9.17, 15) is 5.11 Å². The van der Waals surface area contributed by atoms with Crippen molar-refractivity contribution in [2.45, 2.75) is 115 Å². The smallest absolute Gasteiger partial charge is 0.192 e. The molecule has 0 aliphatic carbocycles. The topological polar surface area (TPSA) is 75.6 Å². The molecule has 1 N–H and O–H groups in total. The average Bonchev–Trinajstić information content (AvgIpc) is 2.91. The molecule has 1 saturated heterocycles. The summed E-state index contributed by atoms with van der Waals surface area (Å²) in [5, 5.41) is 12.2. The lowest BCUT2D eigenvalue weighted by atomic mass is 9.85. The second kappa shape index (κ2) is 14.5. The highest BCUT2D eigenvalue weighted by Gasteiger charge is 2.55. The molecule has 0 aromatic heterocycles. The lowest BCUT2D eigenvalue weighted by Crippen LogP contribution is -2.67. The summed E-state index contributed by atoms with van der Waals surface area (Å²) >= 11 is 0. The number of hydrogen-bond donors (Lipinski definition) is 1. The van der Waals surface area contributed by atoms with E-state index in [0.29, 0.717) is 13.2 Å². The molecule has 1 aliphatic heterocycles. The molecule has 0 spiro atoms. The van der Waals surface area contributed by atoms with E-state index in [-0.39, 0.29) is 18.3 Å². The zero-order valence-corrected chi connectivity index (χ0v) is 29.4. The summed E-state index contributed by atoms with van der Waals surface area (Å²) < 4.78 is 37.9. The van der Waals surface area contributed by atoms with Crippen molar-refractivity contribution in [3.63, 3.8) is 0 Å². The van der Waals surface area contributed by atoms with Crippen LogP contribution in [0.4, 0.5) is 0 Å². The third-order valence-electron chi connectivity index (χ3n) is 8.50. The summed E-state index contributed by atoms with van der Waals surface area (Å²) in [5.74, 6) is 0.777. The Morgan fingerprint density at radius 3 is 2.02 bits per heavy atom. The second-order valence-corrected chi connectivity index (χ2v) is 24.7. The molecule has 0 radical (unpaired) electrons. The summed E-state index contributed by atoms with van der Waals surface area (Å²) in [5.41, 5.74) is 0.579. The number of rotatable bonds is 14. The molecule has 0 unspecified atom stereocenters. The highest BCUT2D eigenvalue weighted by Crippen LogP contribution is 2.40. The van der Waals surface area contributed by atoms with Crippen LogP contribution in [0.1, 0.15) is 38.8 Å². The van der Waals surface area contributed by atoms with Crippen molar-refractivity contribution in [1.82, 2.24) is 0 Å². The SMILES string of the molecule is COc1ccc(CO[C@@H]2[C@@H](OCc3ccccc3)[C@H](OCC[Si](C)(C)C)O[C@H](CO[Si](C)(C)C(C)(C)C)[C@@]2(C)O)cc1. The fourth-order valence-electron chi connectivity index (χ4n) is 4.46. The molecular weight excluding hydrogens is 565 g/mol. The third kappa shape index (κ3) is 9.72. The molecule has 1 aliphatic rings. The van der Waals surface area contributed by atoms with Gasteiger partial charge in [-0.25, -0.2) is 0 Å². The van der Waals surface area contributed by atoms with Crippen LogP contribution in [0.15, 0.2) is 54.6 Å². The van der Waals surface area contributed by atoms with Gasteiger partial charge in [0.25, 0.3) is 0 Å². The minimum absolute atomic E-state index is 0.0202. The van der Waals surface area contributed by atoms with Gasteiger partial charge in [-0.1, -0.05) is 82.9 Å². The van der Waals surface area contributed by atoms with E-state index in [1.54, 1.807) is 14.0 Å². The Balaban J connectivity index is 1.91. The predicted octanol–water partition coefficient (Wildman–Crippen LogP) is 7.02. The van der Waals surface area contributed by atoms with Gasteiger partial charge in [0.2, 0.25) is 0 Å². The number of aliphatic hydroxyl groups is 1. The molecule has 0 amide bonds. The predicted molar refractivity (Wildman–Crippen MR) is 173 cm³/mol. The Morgan fingerprint density at radius 1 is 0.857 bits per heavy atom. The minimum atomic E-state index is -2.11. The van der Waals surface area contributed by atoms with Gasteiger partial charge in [0, 0.05) is 14.7 Å². The van der Waals surface area contributed by atoms with E-state index in [1.165, 1.54) is 0 Å². The van der Waals surface area contributed by atoms with Crippen molar-refractivity contribution in [3.05, 3.63) is 65.7 Å².